The number of hydrogen-bond donors (Lipinski definition) is 9. The Bertz CT molecular complexity index is 2420. The van der Waals surface area contributed by atoms with Crippen molar-refractivity contribution >= 4 is 55.6 Å². The van der Waals surface area contributed by atoms with Crippen LogP contribution in [0.2, 0.25) is 0 Å². The number of sulfonamides is 1. The van der Waals surface area contributed by atoms with Crippen LogP contribution >= 0.6 is 0 Å². The number of carbonyl (C=O) groups is 2. The molecule has 5 aromatic rings. The fraction of sp³-hybridized carbons (Fsp3) is 0.293. The van der Waals surface area contributed by atoms with Crippen LogP contribution in [0.1, 0.15) is 36.7 Å². The van der Waals surface area contributed by atoms with Crippen LogP contribution < -0.4 is 40.2 Å². The number of ether oxygens (including phenoxy) is 3. The standard InChI is InChI=1S/C41H48N6O11S/c1-41(2,3)23-17-30(38(57-6)35(18-23)59(54,55)42-4)47-40(53)46-29-13-14-33(27-10-8-7-9-26(27)29)58-25-15-16-43-36(20-25)45-24-11-12-28(34(19-24)56-5)39(52)44-21-31(49)37(51)32(50)22-48/h7-20,31-32,37,42,48-51H,21-22H2,1-6H3,(H,43,45)(H,44,52)(H2,46,47,53)/t31-,32-,37-/m0/s1. The first-order valence-corrected chi connectivity index (χ1v) is 19.8. The molecule has 0 fully saturated rings. The third-order valence-electron chi connectivity index (χ3n) is 9.19. The molecule has 4 aromatic carbocycles. The number of hydrogen-bond acceptors (Lipinski definition) is 13. The molecule has 5 rings (SSSR count). The number of amides is 3. The monoisotopic (exact) mass is 832 g/mol. The molecule has 0 spiro atoms. The van der Waals surface area contributed by atoms with Gasteiger partial charge in [-0.3, -0.25) is 4.79 Å². The van der Waals surface area contributed by atoms with E-state index in [0.717, 1.165) is 0 Å². The Kier molecular flexibility index (Phi) is 14.0. The van der Waals surface area contributed by atoms with Gasteiger partial charge in [0, 0.05) is 41.3 Å². The van der Waals surface area contributed by atoms with Crippen LogP contribution in [0.4, 0.5) is 27.7 Å². The maximum atomic E-state index is 13.5. The lowest BCUT2D eigenvalue weighted by atomic mass is 9.86. The number of aliphatic hydroxyl groups is 4. The molecule has 314 valence electrons. The molecular weight excluding hydrogens is 785 g/mol. The lowest BCUT2D eigenvalue weighted by Crippen LogP contribution is -2.45. The summed E-state index contributed by atoms with van der Waals surface area (Å²) in [7, 11) is 0.0677. The Balaban J connectivity index is 1.32. The summed E-state index contributed by atoms with van der Waals surface area (Å²) in [4.78, 5) is 30.6. The Morgan fingerprint density at radius 1 is 0.831 bits per heavy atom. The van der Waals surface area contributed by atoms with Crippen LogP contribution in [0, 0.1) is 0 Å². The van der Waals surface area contributed by atoms with Crippen molar-refractivity contribution in [2.24, 2.45) is 0 Å². The van der Waals surface area contributed by atoms with Crippen LogP contribution in [0.5, 0.6) is 23.0 Å². The number of pyridine rings is 1. The van der Waals surface area contributed by atoms with Crippen molar-refractivity contribution in [1.29, 1.82) is 0 Å². The SMILES string of the molecule is CNS(=O)(=O)c1cc(C(C)(C)C)cc(NC(=O)Nc2ccc(Oc3ccnc(Nc4ccc(C(=O)NC[C@H](O)[C@H](O)[C@@H](O)CO)c(OC)c4)c3)c3ccccc23)c1OC. The molecule has 0 aliphatic rings. The van der Waals surface area contributed by atoms with Gasteiger partial charge in [0.2, 0.25) is 10.0 Å². The van der Waals surface area contributed by atoms with Crippen LogP contribution in [0.3, 0.4) is 0 Å². The molecule has 0 radical (unpaired) electrons. The van der Waals surface area contributed by atoms with Gasteiger partial charge >= 0.3 is 6.03 Å². The normalized spacial score (nSPS) is 13.2. The number of nitrogens with one attached hydrogen (secondary N) is 5. The summed E-state index contributed by atoms with van der Waals surface area (Å²) in [6, 6.07) is 21.3. The predicted molar refractivity (Wildman–Crippen MR) is 223 cm³/mol. The van der Waals surface area contributed by atoms with E-state index in [-0.39, 0.29) is 27.6 Å². The van der Waals surface area contributed by atoms with E-state index < -0.39 is 58.8 Å². The van der Waals surface area contributed by atoms with Crippen molar-refractivity contribution in [2.75, 3.05) is 50.4 Å². The molecule has 0 aliphatic heterocycles. The fourth-order valence-corrected chi connectivity index (χ4v) is 6.88. The van der Waals surface area contributed by atoms with Gasteiger partial charge in [0.15, 0.2) is 5.75 Å². The summed E-state index contributed by atoms with van der Waals surface area (Å²) in [6.07, 6.45) is -3.21. The quantitative estimate of drug-likeness (QED) is 0.0668. The van der Waals surface area contributed by atoms with E-state index in [4.69, 9.17) is 19.3 Å². The number of urea groups is 1. The lowest BCUT2D eigenvalue weighted by Gasteiger charge is -2.23. The molecule has 0 saturated heterocycles. The van der Waals surface area contributed by atoms with Crippen molar-refractivity contribution in [1.82, 2.24) is 15.0 Å². The number of fused-ring (bicyclic) bond motifs is 1. The number of aliphatic hydroxyl groups excluding tert-OH is 4. The second-order valence-electron chi connectivity index (χ2n) is 14.3. The molecule has 0 bridgehead atoms. The van der Waals surface area contributed by atoms with Gasteiger partial charge in [0.1, 0.15) is 40.2 Å². The molecule has 3 atom stereocenters. The lowest BCUT2D eigenvalue weighted by molar-refractivity contribution is -0.0743. The number of methoxy groups -OCH3 is 2. The summed E-state index contributed by atoms with van der Waals surface area (Å²) < 4.78 is 45.4. The third-order valence-corrected chi connectivity index (χ3v) is 10.6. The first-order chi connectivity index (χ1) is 28.0. The highest BCUT2D eigenvalue weighted by molar-refractivity contribution is 7.89. The molecule has 59 heavy (non-hydrogen) atoms. The van der Waals surface area contributed by atoms with Gasteiger partial charge in [-0.05, 0) is 60.5 Å². The van der Waals surface area contributed by atoms with E-state index >= 15 is 0 Å². The molecule has 1 heterocycles. The summed E-state index contributed by atoms with van der Waals surface area (Å²) in [5.41, 5.74) is 1.49. The summed E-state index contributed by atoms with van der Waals surface area (Å²) in [6.45, 7) is 4.63. The smallest absolute Gasteiger partial charge is 0.323 e. The molecular formula is C41H48N6O11S. The fourth-order valence-electron chi connectivity index (χ4n) is 5.95. The third kappa shape index (κ3) is 10.5. The molecule has 0 saturated carbocycles. The van der Waals surface area contributed by atoms with Crippen molar-refractivity contribution < 1.29 is 52.6 Å². The van der Waals surface area contributed by atoms with Gasteiger partial charge in [-0.25, -0.2) is 22.9 Å². The maximum absolute atomic E-state index is 13.5. The number of aromatic nitrogens is 1. The van der Waals surface area contributed by atoms with Gasteiger partial charge in [0.25, 0.3) is 5.91 Å². The number of rotatable bonds is 16. The van der Waals surface area contributed by atoms with E-state index in [2.05, 4.69) is 31.0 Å². The average molecular weight is 833 g/mol. The summed E-state index contributed by atoms with van der Waals surface area (Å²) >= 11 is 0. The molecule has 1 aromatic heterocycles. The Labute approximate surface area is 341 Å². The zero-order valence-electron chi connectivity index (χ0n) is 33.2. The van der Waals surface area contributed by atoms with Gasteiger partial charge in [-0.2, -0.15) is 0 Å². The Morgan fingerprint density at radius 3 is 2.20 bits per heavy atom. The van der Waals surface area contributed by atoms with E-state index in [9.17, 15) is 33.3 Å². The summed E-state index contributed by atoms with van der Waals surface area (Å²) in [5.74, 6) is 0.878. The van der Waals surface area contributed by atoms with Crippen molar-refractivity contribution in [3.63, 3.8) is 0 Å². The Morgan fingerprint density at radius 2 is 1.54 bits per heavy atom. The second-order valence-corrected chi connectivity index (χ2v) is 16.1. The largest absolute Gasteiger partial charge is 0.496 e. The molecule has 3 amide bonds. The second kappa shape index (κ2) is 18.7. The van der Waals surface area contributed by atoms with Gasteiger partial charge < -0.3 is 55.9 Å². The van der Waals surface area contributed by atoms with Crippen molar-refractivity contribution in [3.05, 3.63) is 96.2 Å². The number of nitrogens with zero attached hydrogens (tertiary/aromatic N) is 1. The van der Waals surface area contributed by atoms with E-state index in [1.807, 2.05) is 45.0 Å². The van der Waals surface area contributed by atoms with Crippen LogP contribution in [-0.2, 0) is 15.4 Å². The molecule has 17 nitrogen and oxygen atoms in total. The van der Waals surface area contributed by atoms with E-state index in [1.165, 1.54) is 33.4 Å². The zero-order valence-corrected chi connectivity index (χ0v) is 34.0. The molecule has 18 heteroatoms. The molecule has 9 N–H and O–H groups in total. The highest BCUT2D eigenvalue weighted by atomic mass is 32.2. The van der Waals surface area contributed by atoms with Crippen molar-refractivity contribution in [2.45, 2.75) is 49.4 Å². The zero-order chi connectivity index (χ0) is 43.1. The first-order valence-electron chi connectivity index (χ1n) is 18.3. The average Bonchev–Trinajstić information content (AvgIpc) is 3.22. The minimum Gasteiger partial charge on any atom is -0.496 e. The minimum absolute atomic E-state index is 0.0189. The van der Waals surface area contributed by atoms with Crippen LogP contribution in [0.25, 0.3) is 10.8 Å². The topological polar surface area (TPSA) is 250 Å². The number of benzene rings is 4. The maximum Gasteiger partial charge on any atom is 0.323 e. The Hall–Kier alpha value is -6.02. The highest BCUT2D eigenvalue weighted by Gasteiger charge is 2.27. The van der Waals surface area contributed by atoms with Gasteiger partial charge in [-0.15, -0.1) is 0 Å². The predicted octanol–water partition coefficient (Wildman–Crippen LogP) is 4.44. The minimum atomic E-state index is -3.95. The van der Waals surface area contributed by atoms with Crippen LogP contribution in [0.15, 0.2) is 90.0 Å². The highest BCUT2D eigenvalue weighted by Crippen LogP contribution is 2.39. The molecule has 0 aliphatic carbocycles. The first kappa shape index (κ1) is 44.1. The van der Waals surface area contributed by atoms with Crippen LogP contribution in [-0.4, -0.2) is 98.5 Å². The van der Waals surface area contributed by atoms with E-state index in [0.29, 0.717) is 45.0 Å². The number of anilines is 4. The summed E-state index contributed by atoms with van der Waals surface area (Å²) in [5, 5.41) is 51.0. The van der Waals surface area contributed by atoms with Gasteiger partial charge in [-0.1, -0.05) is 45.0 Å². The van der Waals surface area contributed by atoms with E-state index in [1.54, 1.807) is 48.7 Å². The number of carbonyl (C=O) groups excluding carboxylic acids is 2. The van der Waals surface area contributed by atoms with Gasteiger partial charge in [0.05, 0.1) is 43.9 Å². The molecule has 0 unspecified atom stereocenters. The van der Waals surface area contributed by atoms with Crippen molar-refractivity contribution in [3.8, 4) is 23.0 Å².